The average molecular weight is 748 g/mol. The molecule has 0 atom stereocenters. The van der Waals surface area contributed by atoms with E-state index in [-0.39, 0.29) is 35.5 Å². The molecule has 0 saturated heterocycles. The first-order valence-corrected chi connectivity index (χ1v) is 18.7. The molecule has 256 valence electrons. The number of hydrogen-bond acceptors (Lipinski definition) is 4. The monoisotopic (exact) mass is 746 g/mol. The minimum atomic E-state index is -3.76. The number of nitrogens with zero attached hydrogens (tertiary/aromatic N) is 1. The van der Waals surface area contributed by atoms with E-state index in [1.807, 2.05) is 54.6 Å². The fourth-order valence-corrected chi connectivity index (χ4v) is 8.10. The average Bonchev–Trinajstić information content (AvgIpc) is 3.38. The third-order valence-electron chi connectivity index (χ3n) is 8.44. The third kappa shape index (κ3) is 8.34. The van der Waals surface area contributed by atoms with Gasteiger partial charge in [0, 0.05) is 51.1 Å². The molecule has 0 aliphatic heterocycles. The zero-order valence-corrected chi connectivity index (χ0v) is 29.8. The Morgan fingerprint density at radius 2 is 1.40 bits per heavy atom. The molecule has 1 heterocycles. The number of aromatic carboxylic acids is 1. The number of rotatable bonds is 14. The van der Waals surface area contributed by atoms with Gasteiger partial charge in [-0.25, -0.2) is 17.9 Å². The first-order chi connectivity index (χ1) is 24.1. The Balaban J connectivity index is 1.40. The molecule has 11 heteroatoms. The van der Waals surface area contributed by atoms with Gasteiger partial charge in [-0.3, -0.25) is 0 Å². The quantitative estimate of drug-likeness (QED) is 0.116. The minimum absolute atomic E-state index is 0.123. The summed E-state index contributed by atoms with van der Waals surface area (Å²) in [6.07, 6.45) is 0.835. The van der Waals surface area contributed by atoms with Crippen molar-refractivity contribution >= 4 is 61.7 Å². The highest BCUT2D eigenvalue weighted by molar-refractivity contribution is 7.88. The molecule has 0 fully saturated rings. The zero-order chi connectivity index (χ0) is 35.3. The molecule has 0 saturated carbocycles. The maximum absolute atomic E-state index is 13.3. The smallest absolute Gasteiger partial charge is 0.335 e. The third-order valence-corrected chi connectivity index (χ3v) is 10.6. The highest BCUT2D eigenvalue weighted by atomic mass is 35.5. The van der Waals surface area contributed by atoms with Gasteiger partial charge in [0.2, 0.25) is 10.0 Å². The summed E-state index contributed by atoms with van der Waals surface area (Å²) < 4.78 is 37.8. The molecule has 2 N–H and O–H groups in total. The fraction of sp³-hybridized carbons (Fsp3) is 0.154. The lowest BCUT2D eigenvalue weighted by molar-refractivity contribution is 0.0697. The van der Waals surface area contributed by atoms with Crippen LogP contribution in [0, 0.1) is 0 Å². The van der Waals surface area contributed by atoms with Crippen LogP contribution in [0.25, 0.3) is 10.9 Å². The molecule has 0 unspecified atom stereocenters. The molecule has 0 amide bonds. The maximum atomic E-state index is 13.3. The molecule has 50 heavy (non-hydrogen) atoms. The fourth-order valence-electron chi connectivity index (χ4n) is 6.20. The van der Waals surface area contributed by atoms with Gasteiger partial charge in [0.05, 0.1) is 24.0 Å². The van der Waals surface area contributed by atoms with Gasteiger partial charge in [-0.15, -0.1) is 0 Å². The van der Waals surface area contributed by atoms with Gasteiger partial charge in [-0.1, -0.05) is 102 Å². The summed E-state index contributed by atoms with van der Waals surface area (Å²) in [5.74, 6) is -0.762. The van der Waals surface area contributed by atoms with Crippen LogP contribution in [-0.2, 0) is 28.6 Å². The van der Waals surface area contributed by atoms with Gasteiger partial charge in [-0.05, 0) is 76.9 Å². The summed E-state index contributed by atoms with van der Waals surface area (Å²) in [5.41, 5.74) is 5.59. The zero-order valence-electron chi connectivity index (χ0n) is 26.7. The van der Waals surface area contributed by atoms with E-state index in [0.717, 1.165) is 33.3 Å². The number of carboxylic acids is 1. The number of benzene rings is 5. The van der Waals surface area contributed by atoms with Crippen molar-refractivity contribution in [1.82, 2.24) is 9.29 Å². The number of carboxylic acid groups (broad SMARTS) is 1. The van der Waals surface area contributed by atoms with Gasteiger partial charge in [0.1, 0.15) is 5.75 Å². The van der Waals surface area contributed by atoms with Gasteiger partial charge < -0.3 is 14.4 Å². The second-order valence-corrected chi connectivity index (χ2v) is 14.8. The Hall–Kier alpha value is -4.31. The van der Waals surface area contributed by atoms with E-state index in [2.05, 4.69) is 33.6 Å². The molecule has 6 aromatic rings. The van der Waals surface area contributed by atoms with Crippen LogP contribution in [-0.4, -0.2) is 37.2 Å². The van der Waals surface area contributed by atoms with Gasteiger partial charge in [0.25, 0.3) is 0 Å². The summed E-state index contributed by atoms with van der Waals surface area (Å²) in [4.78, 5) is 11.3. The van der Waals surface area contributed by atoms with Crippen molar-refractivity contribution in [1.29, 1.82) is 0 Å². The van der Waals surface area contributed by atoms with E-state index in [1.165, 1.54) is 18.2 Å². The standard InChI is InChI=1S/C39H33Cl3N2O5S/c40-30-15-18-36-34(23-30)33(20-22-49-32-16-12-28(13-17-32)39(45)46)37(19-21-43-50(47,48)25-29-11-14-31(41)24-35(29)42)44(36)38(26-7-3-1-4-8-26)27-9-5-2-6-10-27/h1-18,23-24,38,43H,19-22,25H2,(H,45,46). The number of nitrogens with one attached hydrogen (secondary N) is 1. The number of sulfonamides is 1. The Labute approximate surface area is 306 Å². The number of aromatic nitrogens is 1. The minimum Gasteiger partial charge on any atom is -0.493 e. The molecule has 0 aliphatic rings. The molecule has 0 bridgehead atoms. The van der Waals surface area contributed by atoms with Crippen molar-refractivity contribution in [2.75, 3.05) is 13.2 Å². The van der Waals surface area contributed by atoms with Crippen LogP contribution in [0.15, 0.2) is 121 Å². The van der Waals surface area contributed by atoms with Crippen molar-refractivity contribution in [3.05, 3.63) is 170 Å². The SMILES string of the molecule is O=C(O)c1ccc(OCCc2c(CCNS(=O)(=O)Cc3ccc(Cl)cc3Cl)n(C(c3ccccc3)c3ccccc3)c3ccc(Cl)cc23)cc1. The lowest BCUT2D eigenvalue weighted by Gasteiger charge is -2.25. The van der Waals surface area contributed by atoms with Crippen molar-refractivity contribution < 1.29 is 23.1 Å². The van der Waals surface area contributed by atoms with E-state index in [9.17, 15) is 18.3 Å². The van der Waals surface area contributed by atoms with Crippen LogP contribution in [0.4, 0.5) is 0 Å². The molecule has 0 aliphatic carbocycles. The summed E-state index contributed by atoms with van der Waals surface area (Å²) >= 11 is 18.9. The van der Waals surface area contributed by atoms with E-state index in [1.54, 1.807) is 24.3 Å². The second-order valence-electron chi connectivity index (χ2n) is 11.7. The van der Waals surface area contributed by atoms with Crippen molar-refractivity contribution in [2.45, 2.75) is 24.6 Å². The van der Waals surface area contributed by atoms with Crippen molar-refractivity contribution in [2.24, 2.45) is 0 Å². The molecule has 1 aromatic heterocycles. The van der Waals surface area contributed by atoms with Gasteiger partial charge in [0.15, 0.2) is 0 Å². The van der Waals surface area contributed by atoms with Crippen LogP contribution in [0.2, 0.25) is 15.1 Å². The van der Waals surface area contributed by atoms with E-state index >= 15 is 0 Å². The number of ether oxygens (including phenoxy) is 1. The van der Waals surface area contributed by atoms with Gasteiger partial charge in [-0.2, -0.15) is 0 Å². The summed E-state index contributed by atoms with van der Waals surface area (Å²) in [5, 5.41) is 11.5. The highest BCUT2D eigenvalue weighted by Gasteiger charge is 2.26. The molecule has 0 spiro atoms. The number of hydrogen-bond donors (Lipinski definition) is 2. The molecular formula is C39H33Cl3N2O5S. The van der Waals surface area contributed by atoms with Crippen LogP contribution in [0.1, 0.15) is 44.3 Å². The Bertz CT molecular complexity index is 2190. The van der Waals surface area contributed by atoms with E-state index < -0.39 is 16.0 Å². The number of fused-ring (bicyclic) bond motifs is 1. The Morgan fingerprint density at radius 1 is 0.780 bits per heavy atom. The Morgan fingerprint density at radius 3 is 2.02 bits per heavy atom. The predicted molar refractivity (Wildman–Crippen MR) is 200 cm³/mol. The lowest BCUT2D eigenvalue weighted by atomic mass is 9.97. The van der Waals surface area contributed by atoms with Crippen LogP contribution < -0.4 is 9.46 Å². The molecular weight excluding hydrogens is 715 g/mol. The summed E-state index contributed by atoms with van der Waals surface area (Å²) in [6, 6.07) is 36.9. The largest absolute Gasteiger partial charge is 0.493 e. The summed E-state index contributed by atoms with van der Waals surface area (Å²) in [6.45, 7) is 0.408. The van der Waals surface area contributed by atoms with E-state index in [0.29, 0.717) is 34.2 Å². The molecule has 0 radical (unpaired) electrons. The predicted octanol–water partition coefficient (Wildman–Crippen LogP) is 9.22. The van der Waals surface area contributed by atoms with Crippen LogP contribution >= 0.6 is 34.8 Å². The summed E-state index contributed by atoms with van der Waals surface area (Å²) in [7, 11) is -3.76. The van der Waals surface area contributed by atoms with Crippen molar-refractivity contribution in [3.63, 3.8) is 0 Å². The van der Waals surface area contributed by atoms with E-state index in [4.69, 9.17) is 39.5 Å². The lowest BCUT2D eigenvalue weighted by Crippen LogP contribution is -2.28. The molecule has 6 rings (SSSR count). The molecule has 5 aromatic carbocycles. The number of carbonyl (C=O) groups is 1. The Kier molecular flexibility index (Phi) is 11.2. The maximum Gasteiger partial charge on any atom is 0.335 e. The first kappa shape index (κ1) is 35.5. The van der Waals surface area contributed by atoms with Crippen LogP contribution in [0.3, 0.4) is 0 Å². The highest BCUT2D eigenvalue weighted by Crippen LogP contribution is 2.38. The topological polar surface area (TPSA) is 97.6 Å². The second kappa shape index (κ2) is 15.7. The van der Waals surface area contributed by atoms with Gasteiger partial charge >= 0.3 is 5.97 Å². The first-order valence-electron chi connectivity index (χ1n) is 15.9. The van der Waals surface area contributed by atoms with Crippen molar-refractivity contribution in [3.8, 4) is 5.75 Å². The number of halogens is 3. The van der Waals surface area contributed by atoms with Crippen LogP contribution in [0.5, 0.6) is 5.75 Å². The molecule has 7 nitrogen and oxygen atoms in total. The normalized spacial score (nSPS) is 11.7.